The number of hydrogen-bond donors (Lipinski definition) is 1. The number of hydrogen-bond acceptors (Lipinski definition) is 3. The van der Waals surface area contributed by atoms with Gasteiger partial charge < -0.3 is 10.1 Å². The number of carbonyl (C=O) groups is 1. The van der Waals surface area contributed by atoms with E-state index in [4.69, 9.17) is 4.74 Å². The minimum atomic E-state index is -0.0333. The Morgan fingerprint density at radius 2 is 2.07 bits per heavy atom. The van der Waals surface area contributed by atoms with E-state index in [9.17, 15) is 4.79 Å². The molecular weight excluding hydrogens is 190 g/mol. The fraction of sp³-hybridized carbons (Fsp3) is 0.917. The summed E-state index contributed by atoms with van der Waals surface area (Å²) in [5.41, 5.74) is 0. The summed E-state index contributed by atoms with van der Waals surface area (Å²) in [6.45, 7) is 1.59. The molecule has 0 unspecified atom stereocenters. The molecule has 0 amide bonds. The average molecular weight is 211 g/mol. The van der Waals surface area contributed by atoms with Crippen molar-refractivity contribution in [1.82, 2.24) is 5.32 Å². The van der Waals surface area contributed by atoms with E-state index in [-0.39, 0.29) is 12.0 Å². The third-order valence-electron chi connectivity index (χ3n) is 3.59. The summed E-state index contributed by atoms with van der Waals surface area (Å²) in [6.07, 6.45) is 8.38. The van der Waals surface area contributed by atoms with Gasteiger partial charge in [0.1, 0.15) is 6.04 Å². The normalized spacial score (nSPS) is 27.1. The minimum Gasteiger partial charge on any atom is -0.465 e. The zero-order valence-electron chi connectivity index (χ0n) is 9.34. The smallest absolute Gasteiger partial charge is 0.323 e. The summed E-state index contributed by atoms with van der Waals surface area (Å²) in [5.74, 6) is 0.797. The number of ether oxygens (including phenoxy) is 1. The lowest BCUT2D eigenvalue weighted by Gasteiger charge is -2.26. The van der Waals surface area contributed by atoms with Crippen LogP contribution >= 0.6 is 0 Å². The molecular formula is C12H21NO2. The van der Waals surface area contributed by atoms with Crippen LogP contribution < -0.4 is 5.32 Å². The number of rotatable bonds is 4. The van der Waals surface area contributed by atoms with Crippen LogP contribution in [0.15, 0.2) is 0 Å². The molecule has 2 rings (SSSR count). The summed E-state index contributed by atoms with van der Waals surface area (Å²) < 4.78 is 5.29. The van der Waals surface area contributed by atoms with Gasteiger partial charge in [0.2, 0.25) is 0 Å². The zero-order valence-corrected chi connectivity index (χ0v) is 9.34. The first kappa shape index (κ1) is 10.9. The van der Waals surface area contributed by atoms with Gasteiger partial charge in [-0.2, -0.15) is 0 Å². The van der Waals surface area contributed by atoms with Crippen molar-refractivity contribution in [2.75, 3.05) is 13.2 Å². The van der Waals surface area contributed by atoms with E-state index >= 15 is 0 Å². The number of esters is 1. The summed E-state index contributed by atoms with van der Waals surface area (Å²) >= 11 is 0. The fourth-order valence-electron chi connectivity index (χ4n) is 2.26. The Hall–Kier alpha value is -0.570. The topological polar surface area (TPSA) is 38.3 Å². The van der Waals surface area contributed by atoms with Crippen LogP contribution in [-0.4, -0.2) is 25.2 Å². The van der Waals surface area contributed by atoms with E-state index in [2.05, 4.69) is 5.32 Å². The maximum Gasteiger partial charge on any atom is 0.323 e. The highest BCUT2D eigenvalue weighted by Gasteiger charge is 2.23. The molecule has 1 aliphatic carbocycles. The maximum atomic E-state index is 11.6. The van der Waals surface area contributed by atoms with Gasteiger partial charge in [-0.05, 0) is 31.7 Å². The number of piperidine rings is 1. The third kappa shape index (κ3) is 3.20. The molecule has 0 aromatic heterocycles. The van der Waals surface area contributed by atoms with Crippen molar-refractivity contribution < 1.29 is 9.53 Å². The highest BCUT2D eigenvalue weighted by atomic mass is 16.5. The number of carbonyl (C=O) groups excluding carboxylic acids is 1. The van der Waals surface area contributed by atoms with E-state index in [0.29, 0.717) is 6.61 Å². The van der Waals surface area contributed by atoms with Gasteiger partial charge in [-0.1, -0.05) is 25.7 Å². The van der Waals surface area contributed by atoms with E-state index in [1.807, 2.05) is 0 Å². The fourth-order valence-corrected chi connectivity index (χ4v) is 2.26. The molecule has 1 saturated carbocycles. The van der Waals surface area contributed by atoms with E-state index < -0.39 is 0 Å². The van der Waals surface area contributed by atoms with Crippen molar-refractivity contribution in [2.45, 2.75) is 51.0 Å². The quantitative estimate of drug-likeness (QED) is 0.721. The predicted octanol–water partition coefficient (Wildman–Crippen LogP) is 1.86. The van der Waals surface area contributed by atoms with Crippen molar-refractivity contribution in [3.63, 3.8) is 0 Å². The molecule has 0 spiro atoms. The molecule has 86 valence electrons. The second-order valence-electron chi connectivity index (χ2n) is 4.76. The standard InChI is InChI=1S/C12H21NO2/c14-12(11-6-1-2-8-13-11)15-9-7-10-4-3-5-10/h10-11,13H,1-9H2/t11-/m0/s1. The predicted molar refractivity (Wildman–Crippen MR) is 58.6 cm³/mol. The molecule has 0 radical (unpaired) electrons. The molecule has 0 bridgehead atoms. The molecule has 3 heteroatoms. The second-order valence-corrected chi connectivity index (χ2v) is 4.76. The Balaban J connectivity index is 1.58. The molecule has 15 heavy (non-hydrogen) atoms. The first-order valence-corrected chi connectivity index (χ1v) is 6.26. The third-order valence-corrected chi connectivity index (χ3v) is 3.59. The van der Waals surface area contributed by atoms with Gasteiger partial charge in [-0.15, -0.1) is 0 Å². The van der Waals surface area contributed by atoms with Crippen LogP contribution in [0.2, 0.25) is 0 Å². The second kappa shape index (κ2) is 5.50. The van der Waals surface area contributed by atoms with Crippen molar-refractivity contribution in [3.05, 3.63) is 0 Å². The van der Waals surface area contributed by atoms with Crippen LogP contribution in [0.25, 0.3) is 0 Å². The maximum absolute atomic E-state index is 11.6. The summed E-state index contributed by atoms with van der Waals surface area (Å²) in [4.78, 5) is 11.6. The van der Waals surface area contributed by atoms with Crippen LogP contribution in [0.5, 0.6) is 0 Å². The lowest BCUT2D eigenvalue weighted by molar-refractivity contribution is -0.147. The van der Waals surface area contributed by atoms with Gasteiger partial charge in [0.05, 0.1) is 6.61 Å². The van der Waals surface area contributed by atoms with Crippen LogP contribution in [0.4, 0.5) is 0 Å². The largest absolute Gasteiger partial charge is 0.465 e. The molecule has 1 heterocycles. The van der Waals surface area contributed by atoms with Crippen molar-refractivity contribution in [2.24, 2.45) is 5.92 Å². The minimum absolute atomic E-state index is 0.0276. The van der Waals surface area contributed by atoms with E-state index in [0.717, 1.165) is 31.7 Å². The Labute approximate surface area is 91.6 Å². The first-order chi connectivity index (χ1) is 7.36. The molecule has 1 atom stereocenters. The molecule has 0 aromatic rings. The lowest BCUT2D eigenvalue weighted by atomic mass is 9.83. The van der Waals surface area contributed by atoms with Gasteiger partial charge in [0.15, 0.2) is 0 Å². The highest BCUT2D eigenvalue weighted by Crippen LogP contribution is 2.29. The highest BCUT2D eigenvalue weighted by molar-refractivity contribution is 5.75. The van der Waals surface area contributed by atoms with Crippen LogP contribution in [0.3, 0.4) is 0 Å². The van der Waals surface area contributed by atoms with Crippen molar-refractivity contribution >= 4 is 5.97 Å². The molecule has 0 aromatic carbocycles. The van der Waals surface area contributed by atoms with Crippen LogP contribution in [0, 0.1) is 5.92 Å². The van der Waals surface area contributed by atoms with Gasteiger partial charge in [0, 0.05) is 0 Å². The molecule has 1 saturated heterocycles. The van der Waals surface area contributed by atoms with Crippen LogP contribution in [-0.2, 0) is 9.53 Å². The van der Waals surface area contributed by atoms with Crippen LogP contribution in [0.1, 0.15) is 44.9 Å². The van der Waals surface area contributed by atoms with Gasteiger partial charge in [-0.3, -0.25) is 4.79 Å². The average Bonchev–Trinajstić information content (AvgIpc) is 2.23. The Morgan fingerprint density at radius 3 is 2.67 bits per heavy atom. The molecule has 2 fully saturated rings. The molecule has 1 aliphatic heterocycles. The lowest BCUT2D eigenvalue weighted by Crippen LogP contribution is -2.41. The Morgan fingerprint density at radius 1 is 1.20 bits per heavy atom. The summed E-state index contributed by atoms with van der Waals surface area (Å²) in [5, 5.41) is 3.21. The van der Waals surface area contributed by atoms with Crippen molar-refractivity contribution in [1.29, 1.82) is 0 Å². The SMILES string of the molecule is O=C(OCCC1CCC1)[C@@H]1CCCCN1. The zero-order chi connectivity index (χ0) is 10.5. The summed E-state index contributed by atoms with van der Waals surface area (Å²) in [6, 6.07) is -0.0276. The monoisotopic (exact) mass is 211 g/mol. The molecule has 2 aliphatic rings. The van der Waals surface area contributed by atoms with Crippen molar-refractivity contribution in [3.8, 4) is 0 Å². The molecule has 1 N–H and O–H groups in total. The first-order valence-electron chi connectivity index (χ1n) is 6.26. The van der Waals surface area contributed by atoms with Gasteiger partial charge in [-0.25, -0.2) is 0 Å². The van der Waals surface area contributed by atoms with E-state index in [1.165, 1.54) is 25.7 Å². The van der Waals surface area contributed by atoms with E-state index in [1.54, 1.807) is 0 Å². The Kier molecular flexibility index (Phi) is 4.01. The summed E-state index contributed by atoms with van der Waals surface area (Å²) in [7, 11) is 0. The Bertz CT molecular complexity index is 208. The number of nitrogens with one attached hydrogen (secondary N) is 1. The van der Waals surface area contributed by atoms with Gasteiger partial charge >= 0.3 is 5.97 Å². The molecule has 3 nitrogen and oxygen atoms in total. The van der Waals surface area contributed by atoms with Gasteiger partial charge in [0.25, 0.3) is 0 Å².